The molecule has 224 valence electrons. The van der Waals surface area contributed by atoms with Crippen molar-refractivity contribution in [1.82, 2.24) is 10.2 Å². The average Bonchev–Trinajstić information content (AvgIpc) is 3.00. The highest BCUT2D eigenvalue weighted by atomic mass is 32.2. The third-order valence-electron chi connectivity index (χ3n) is 7.59. The number of hydrogen-bond donors (Lipinski definition) is 1. The molecule has 4 rings (SSSR count). The zero-order valence-electron chi connectivity index (χ0n) is 24.4. The summed E-state index contributed by atoms with van der Waals surface area (Å²) in [5, 5.41) is 3.16. The number of hydrogen-bond acceptors (Lipinski definition) is 5. The van der Waals surface area contributed by atoms with E-state index in [4.69, 9.17) is 4.74 Å². The Balaban J connectivity index is 1.53. The van der Waals surface area contributed by atoms with E-state index in [0.29, 0.717) is 24.5 Å². The van der Waals surface area contributed by atoms with Crippen LogP contribution in [-0.4, -0.2) is 50.0 Å². The summed E-state index contributed by atoms with van der Waals surface area (Å²) in [5.41, 5.74) is 2.22. The Hall–Kier alpha value is -3.85. The Labute approximate surface area is 249 Å². The molecule has 1 saturated carbocycles. The third-order valence-corrected chi connectivity index (χ3v) is 8.73. The normalized spacial score (nSPS) is 14.5. The lowest BCUT2D eigenvalue weighted by Crippen LogP contribution is -2.53. The van der Waals surface area contributed by atoms with Gasteiger partial charge in [0, 0.05) is 12.6 Å². The van der Waals surface area contributed by atoms with Gasteiger partial charge in [0.05, 0.1) is 11.9 Å². The first-order chi connectivity index (χ1) is 20.2. The fraction of sp³-hybridized carbons (Fsp3) is 0.394. The SMILES string of the molecule is CC[C@H](C(=O)NC1CCCCC1)N(Cc1ccccc1)C(=O)CN(c1ccc(OCc2ccccc2)cc1)S(C)(=O)=O. The van der Waals surface area contributed by atoms with Crippen LogP contribution in [0, 0.1) is 0 Å². The summed E-state index contributed by atoms with van der Waals surface area (Å²) in [7, 11) is -3.82. The predicted octanol–water partition coefficient (Wildman–Crippen LogP) is 5.29. The molecule has 1 aliphatic carbocycles. The van der Waals surface area contributed by atoms with Gasteiger partial charge < -0.3 is 15.0 Å². The van der Waals surface area contributed by atoms with Crippen molar-refractivity contribution in [3.8, 4) is 5.75 Å². The van der Waals surface area contributed by atoms with Crippen LogP contribution in [0.15, 0.2) is 84.9 Å². The van der Waals surface area contributed by atoms with E-state index < -0.39 is 28.5 Å². The van der Waals surface area contributed by atoms with Crippen LogP contribution in [-0.2, 0) is 32.8 Å². The first-order valence-electron chi connectivity index (χ1n) is 14.6. The van der Waals surface area contributed by atoms with Crippen molar-refractivity contribution in [2.45, 2.75) is 70.7 Å². The second-order valence-corrected chi connectivity index (χ2v) is 12.7. The summed E-state index contributed by atoms with van der Waals surface area (Å²) in [5.74, 6) is -0.0580. The number of benzene rings is 3. The monoisotopic (exact) mass is 591 g/mol. The van der Waals surface area contributed by atoms with Crippen molar-refractivity contribution in [2.24, 2.45) is 0 Å². The smallest absolute Gasteiger partial charge is 0.244 e. The number of nitrogens with zero attached hydrogens (tertiary/aromatic N) is 2. The Morgan fingerprint density at radius 3 is 2.05 bits per heavy atom. The van der Waals surface area contributed by atoms with Crippen LogP contribution < -0.4 is 14.4 Å². The van der Waals surface area contributed by atoms with Crippen LogP contribution in [0.5, 0.6) is 5.75 Å². The maximum absolute atomic E-state index is 13.9. The molecule has 2 amide bonds. The van der Waals surface area contributed by atoms with Gasteiger partial charge in [-0.2, -0.15) is 0 Å². The molecule has 0 radical (unpaired) electrons. The molecule has 1 atom stereocenters. The largest absolute Gasteiger partial charge is 0.489 e. The lowest BCUT2D eigenvalue weighted by molar-refractivity contribution is -0.140. The molecule has 0 bridgehead atoms. The van der Waals surface area contributed by atoms with E-state index in [1.165, 1.54) is 11.3 Å². The van der Waals surface area contributed by atoms with Crippen molar-refractivity contribution in [3.05, 3.63) is 96.1 Å². The maximum atomic E-state index is 13.9. The molecule has 1 aliphatic rings. The molecular formula is C33H41N3O5S. The number of ether oxygens (including phenoxy) is 1. The van der Waals surface area contributed by atoms with Crippen LogP contribution in [0.1, 0.15) is 56.6 Å². The van der Waals surface area contributed by atoms with E-state index in [9.17, 15) is 18.0 Å². The summed E-state index contributed by atoms with van der Waals surface area (Å²) in [4.78, 5) is 28.9. The summed E-state index contributed by atoms with van der Waals surface area (Å²) in [6, 6.07) is 25.2. The van der Waals surface area contributed by atoms with E-state index in [1.54, 1.807) is 24.3 Å². The fourth-order valence-electron chi connectivity index (χ4n) is 5.31. The van der Waals surface area contributed by atoms with Gasteiger partial charge in [0.1, 0.15) is 24.9 Å². The van der Waals surface area contributed by atoms with Crippen LogP contribution in [0.4, 0.5) is 5.69 Å². The Morgan fingerprint density at radius 2 is 1.48 bits per heavy atom. The lowest BCUT2D eigenvalue weighted by atomic mass is 9.95. The van der Waals surface area contributed by atoms with E-state index in [2.05, 4.69) is 5.32 Å². The summed E-state index contributed by atoms with van der Waals surface area (Å²) >= 11 is 0. The van der Waals surface area contributed by atoms with Crippen LogP contribution >= 0.6 is 0 Å². The van der Waals surface area contributed by atoms with Gasteiger partial charge in [-0.15, -0.1) is 0 Å². The lowest BCUT2D eigenvalue weighted by Gasteiger charge is -2.34. The van der Waals surface area contributed by atoms with Gasteiger partial charge in [0.25, 0.3) is 0 Å². The van der Waals surface area contributed by atoms with Gasteiger partial charge in [-0.1, -0.05) is 86.8 Å². The minimum Gasteiger partial charge on any atom is -0.489 e. The number of nitrogens with one attached hydrogen (secondary N) is 1. The Bertz CT molecular complexity index is 1390. The molecule has 0 heterocycles. The van der Waals surface area contributed by atoms with Gasteiger partial charge in [0.2, 0.25) is 21.8 Å². The molecular weight excluding hydrogens is 550 g/mol. The van der Waals surface area contributed by atoms with Crippen molar-refractivity contribution in [1.29, 1.82) is 0 Å². The molecule has 3 aromatic carbocycles. The maximum Gasteiger partial charge on any atom is 0.244 e. The second kappa shape index (κ2) is 14.9. The molecule has 1 fully saturated rings. The van der Waals surface area contributed by atoms with Crippen molar-refractivity contribution >= 4 is 27.5 Å². The third kappa shape index (κ3) is 8.82. The van der Waals surface area contributed by atoms with Crippen molar-refractivity contribution in [2.75, 3.05) is 17.1 Å². The summed E-state index contributed by atoms with van der Waals surface area (Å²) in [6.07, 6.45) is 6.67. The number of amides is 2. The molecule has 0 spiro atoms. The van der Waals surface area contributed by atoms with Gasteiger partial charge in [-0.25, -0.2) is 8.42 Å². The number of rotatable bonds is 13. The number of anilines is 1. The van der Waals surface area contributed by atoms with E-state index in [0.717, 1.165) is 47.4 Å². The fourth-order valence-corrected chi connectivity index (χ4v) is 6.16. The van der Waals surface area contributed by atoms with Crippen LogP contribution in [0.2, 0.25) is 0 Å². The van der Waals surface area contributed by atoms with E-state index in [-0.39, 0.29) is 18.5 Å². The molecule has 3 aromatic rings. The number of sulfonamides is 1. The highest BCUT2D eigenvalue weighted by Gasteiger charge is 2.32. The molecule has 8 nitrogen and oxygen atoms in total. The Morgan fingerprint density at radius 1 is 0.881 bits per heavy atom. The highest BCUT2D eigenvalue weighted by molar-refractivity contribution is 7.92. The van der Waals surface area contributed by atoms with E-state index >= 15 is 0 Å². The van der Waals surface area contributed by atoms with Gasteiger partial charge in [-0.3, -0.25) is 13.9 Å². The molecule has 0 unspecified atom stereocenters. The quantitative estimate of drug-likeness (QED) is 0.292. The minimum absolute atomic E-state index is 0.101. The number of carbonyl (C=O) groups excluding carboxylic acids is 2. The standard InChI is InChI=1S/C33H41N3O5S/c1-3-31(33(38)34-28-17-11-6-12-18-28)35(23-26-13-7-4-8-14-26)32(37)24-36(42(2,39)40)29-19-21-30(22-20-29)41-25-27-15-9-5-10-16-27/h4-5,7-10,13-16,19-22,28,31H,3,6,11-12,17-18,23-25H2,1-2H3,(H,34,38)/t31-/m1/s1. The van der Waals surface area contributed by atoms with Crippen molar-refractivity contribution < 1.29 is 22.7 Å². The van der Waals surface area contributed by atoms with Crippen LogP contribution in [0.25, 0.3) is 0 Å². The average molecular weight is 592 g/mol. The topological polar surface area (TPSA) is 96.0 Å². The molecule has 0 aliphatic heterocycles. The summed E-state index contributed by atoms with van der Waals surface area (Å²) in [6.45, 7) is 2.02. The summed E-state index contributed by atoms with van der Waals surface area (Å²) < 4.78 is 32.8. The molecule has 1 N–H and O–H groups in total. The first-order valence-corrected chi connectivity index (χ1v) is 16.5. The molecule has 0 saturated heterocycles. The van der Waals surface area contributed by atoms with Gasteiger partial charge in [-0.05, 0) is 54.7 Å². The predicted molar refractivity (Wildman–Crippen MR) is 165 cm³/mol. The van der Waals surface area contributed by atoms with E-state index in [1.807, 2.05) is 67.6 Å². The van der Waals surface area contributed by atoms with Gasteiger partial charge >= 0.3 is 0 Å². The zero-order chi connectivity index (χ0) is 30.0. The zero-order valence-corrected chi connectivity index (χ0v) is 25.3. The van der Waals surface area contributed by atoms with Crippen molar-refractivity contribution in [3.63, 3.8) is 0 Å². The minimum atomic E-state index is -3.82. The van der Waals surface area contributed by atoms with Crippen LogP contribution in [0.3, 0.4) is 0 Å². The van der Waals surface area contributed by atoms with Gasteiger partial charge in [0.15, 0.2) is 0 Å². The Kier molecular flexibility index (Phi) is 11.0. The first kappa shape index (κ1) is 31.1. The highest BCUT2D eigenvalue weighted by Crippen LogP contribution is 2.24. The molecule has 0 aromatic heterocycles. The molecule has 42 heavy (non-hydrogen) atoms. The second-order valence-electron chi connectivity index (χ2n) is 10.8. The molecule has 9 heteroatoms. The number of carbonyl (C=O) groups is 2.